The van der Waals surface area contributed by atoms with E-state index in [0.717, 1.165) is 0 Å². The van der Waals surface area contributed by atoms with Crippen LogP contribution in [0.3, 0.4) is 0 Å². The van der Waals surface area contributed by atoms with Crippen LogP contribution in [-0.4, -0.2) is 58.1 Å². The second kappa shape index (κ2) is 14.1. The third-order valence-electron chi connectivity index (χ3n) is 7.45. The van der Waals surface area contributed by atoms with E-state index in [1.807, 2.05) is 0 Å². The molecule has 0 bridgehead atoms. The maximum atomic E-state index is 13.9. The van der Waals surface area contributed by atoms with E-state index < -0.39 is 37.2 Å². The summed E-state index contributed by atoms with van der Waals surface area (Å²) >= 11 is 0. The number of carbonyl (C=O) groups excluding carboxylic acids is 3. The smallest absolute Gasteiger partial charge is 0.323 e. The number of esters is 1. The molecular formula is C33H34FN4O7P. The second-order valence-electron chi connectivity index (χ2n) is 10.8. The van der Waals surface area contributed by atoms with Gasteiger partial charge in [0.15, 0.2) is 5.75 Å². The van der Waals surface area contributed by atoms with Crippen LogP contribution in [0.15, 0.2) is 72.9 Å². The SMILES string of the molecule is CCOC(=O)[C@H](C)NP(=O)(CCCNC(=O)c1c2c(c(O)c3ncccc13)C(=O)N(Cc1ccc(F)cc1)C2)Oc1ccccc1. The van der Waals surface area contributed by atoms with Gasteiger partial charge in [-0.3, -0.25) is 23.9 Å². The number of hydrogen-bond donors (Lipinski definition) is 3. The normalized spacial score (nSPS) is 14.4. The molecule has 3 aromatic carbocycles. The van der Waals surface area contributed by atoms with Crippen LogP contribution in [0.4, 0.5) is 4.39 Å². The number of nitrogens with zero attached hydrogens (tertiary/aromatic N) is 2. The number of aromatic nitrogens is 1. The van der Waals surface area contributed by atoms with E-state index in [9.17, 15) is 28.4 Å². The highest BCUT2D eigenvalue weighted by molar-refractivity contribution is 7.57. The number of hydrogen-bond acceptors (Lipinski definition) is 8. The summed E-state index contributed by atoms with van der Waals surface area (Å²) in [6.07, 6.45) is 1.65. The summed E-state index contributed by atoms with van der Waals surface area (Å²) in [5.74, 6) is -1.91. The lowest BCUT2D eigenvalue weighted by Crippen LogP contribution is -2.35. The molecule has 0 radical (unpaired) electrons. The quantitative estimate of drug-likeness (QED) is 0.102. The summed E-state index contributed by atoms with van der Waals surface area (Å²) in [6, 6.07) is 16.7. The zero-order valence-corrected chi connectivity index (χ0v) is 26.3. The van der Waals surface area contributed by atoms with Gasteiger partial charge in [0.25, 0.3) is 11.8 Å². The van der Waals surface area contributed by atoms with Gasteiger partial charge in [0.05, 0.1) is 23.9 Å². The zero-order chi connectivity index (χ0) is 32.8. The summed E-state index contributed by atoms with van der Waals surface area (Å²) in [7, 11) is -3.64. The van der Waals surface area contributed by atoms with Crippen LogP contribution in [0.1, 0.15) is 52.1 Å². The molecular weight excluding hydrogens is 614 g/mol. The van der Waals surface area contributed by atoms with Crippen LogP contribution in [0, 0.1) is 5.82 Å². The van der Waals surface area contributed by atoms with E-state index in [1.165, 1.54) is 30.2 Å². The van der Waals surface area contributed by atoms with Gasteiger partial charge < -0.3 is 24.6 Å². The highest BCUT2D eigenvalue weighted by atomic mass is 31.2. The van der Waals surface area contributed by atoms with Crippen molar-refractivity contribution >= 4 is 36.2 Å². The topological polar surface area (TPSA) is 147 Å². The van der Waals surface area contributed by atoms with E-state index >= 15 is 0 Å². The highest BCUT2D eigenvalue weighted by Crippen LogP contribution is 2.44. The largest absolute Gasteiger partial charge is 0.505 e. The number of rotatable bonds is 13. The second-order valence-corrected chi connectivity index (χ2v) is 13.0. The number of para-hydroxylation sites is 1. The average Bonchev–Trinajstić information content (AvgIpc) is 3.36. The van der Waals surface area contributed by atoms with Crippen molar-refractivity contribution in [2.75, 3.05) is 19.3 Å². The molecule has 0 saturated heterocycles. The van der Waals surface area contributed by atoms with Crippen LogP contribution >= 0.6 is 7.52 Å². The minimum atomic E-state index is -3.64. The Hall–Kier alpha value is -4.80. The maximum Gasteiger partial charge on any atom is 0.323 e. The summed E-state index contributed by atoms with van der Waals surface area (Å²) in [6.45, 7) is 3.65. The van der Waals surface area contributed by atoms with Crippen LogP contribution in [0.2, 0.25) is 0 Å². The molecule has 3 N–H and O–H groups in total. The fourth-order valence-electron chi connectivity index (χ4n) is 5.33. The molecule has 13 heteroatoms. The third kappa shape index (κ3) is 7.19. The predicted molar refractivity (Wildman–Crippen MR) is 169 cm³/mol. The van der Waals surface area contributed by atoms with Crippen molar-refractivity contribution in [1.29, 1.82) is 0 Å². The van der Waals surface area contributed by atoms with Gasteiger partial charge in [0.2, 0.25) is 0 Å². The number of halogens is 1. The Morgan fingerprint density at radius 1 is 1.11 bits per heavy atom. The Labute approximate surface area is 265 Å². The first-order chi connectivity index (χ1) is 22.1. The molecule has 2 amide bonds. The number of phenolic OH excluding ortho intramolecular Hbond substituents is 1. The molecule has 240 valence electrons. The molecule has 1 unspecified atom stereocenters. The highest BCUT2D eigenvalue weighted by Gasteiger charge is 2.37. The van der Waals surface area contributed by atoms with Crippen molar-refractivity contribution in [3.05, 3.63) is 101 Å². The fourth-order valence-corrected chi connectivity index (χ4v) is 7.34. The molecule has 0 fully saturated rings. The van der Waals surface area contributed by atoms with Crippen LogP contribution < -0.4 is 14.9 Å². The van der Waals surface area contributed by atoms with Crippen molar-refractivity contribution in [2.24, 2.45) is 0 Å². The average molecular weight is 649 g/mol. The number of carbonyl (C=O) groups is 3. The molecule has 46 heavy (non-hydrogen) atoms. The summed E-state index contributed by atoms with van der Waals surface area (Å²) < 4.78 is 38.2. The minimum Gasteiger partial charge on any atom is -0.505 e. The van der Waals surface area contributed by atoms with Gasteiger partial charge in [-0.1, -0.05) is 36.4 Å². The molecule has 1 aromatic heterocycles. The number of nitrogens with one attached hydrogen (secondary N) is 2. The number of phenols is 1. The van der Waals surface area contributed by atoms with Gasteiger partial charge in [-0.05, 0) is 56.2 Å². The molecule has 2 heterocycles. The number of aromatic hydroxyl groups is 1. The molecule has 0 saturated carbocycles. The van der Waals surface area contributed by atoms with Crippen LogP contribution in [0.5, 0.6) is 11.5 Å². The van der Waals surface area contributed by atoms with Crippen molar-refractivity contribution in [3.63, 3.8) is 0 Å². The molecule has 2 atom stereocenters. The first-order valence-corrected chi connectivity index (χ1v) is 16.6. The lowest BCUT2D eigenvalue weighted by Gasteiger charge is -2.23. The van der Waals surface area contributed by atoms with Gasteiger partial charge in [-0.2, -0.15) is 0 Å². The summed E-state index contributed by atoms with van der Waals surface area (Å²) in [5.41, 5.74) is 1.34. The van der Waals surface area contributed by atoms with E-state index in [0.29, 0.717) is 22.3 Å². The lowest BCUT2D eigenvalue weighted by molar-refractivity contribution is -0.144. The van der Waals surface area contributed by atoms with E-state index in [1.54, 1.807) is 61.5 Å². The van der Waals surface area contributed by atoms with Gasteiger partial charge in [-0.15, -0.1) is 0 Å². The van der Waals surface area contributed by atoms with Crippen molar-refractivity contribution < 1.29 is 37.7 Å². The molecule has 0 aliphatic carbocycles. The monoisotopic (exact) mass is 648 g/mol. The standard InChI is InChI=1S/C33H34FN4O7P/c1-3-44-33(42)21(2)37-46(43,45-24-9-5-4-6-10-24)18-8-17-36-31(40)27-25-11-7-16-35-29(25)30(39)28-26(27)20-38(32(28)41)19-22-12-14-23(34)15-13-22/h4-7,9-16,21,39H,3,8,17-20H2,1-2H3,(H,36,40)(H,37,43)/t21-,46?/m0/s1. The Morgan fingerprint density at radius 2 is 1.85 bits per heavy atom. The maximum absolute atomic E-state index is 13.9. The predicted octanol–water partition coefficient (Wildman–Crippen LogP) is 5.17. The summed E-state index contributed by atoms with van der Waals surface area (Å²) in [4.78, 5) is 45.1. The third-order valence-corrected chi connectivity index (χ3v) is 9.64. The van der Waals surface area contributed by atoms with Crippen LogP contribution in [-0.2, 0) is 27.2 Å². The van der Waals surface area contributed by atoms with Gasteiger partial charge >= 0.3 is 13.5 Å². The fraction of sp³-hybridized carbons (Fsp3) is 0.273. The first kappa shape index (κ1) is 32.6. The van der Waals surface area contributed by atoms with E-state index in [-0.39, 0.29) is 61.2 Å². The molecule has 0 spiro atoms. The number of benzene rings is 3. The molecule has 1 aliphatic rings. The Balaban J connectivity index is 1.34. The number of ether oxygens (including phenoxy) is 1. The number of pyridine rings is 1. The van der Waals surface area contributed by atoms with Gasteiger partial charge in [0, 0.05) is 36.8 Å². The molecule has 4 aromatic rings. The van der Waals surface area contributed by atoms with E-state index in [2.05, 4.69) is 15.4 Å². The van der Waals surface area contributed by atoms with E-state index in [4.69, 9.17) is 9.26 Å². The number of amides is 2. The van der Waals surface area contributed by atoms with Crippen molar-refractivity contribution in [2.45, 2.75) is 39.4 Å². The minimum absolute atomic E-state index is 0.00335. The summed E-state index contributed by atoms with van der Waals surface area (Å²) in [5, 5.41) is 17.1. The zero-order valence-electron chi connectivity index (χ0n) is 25.4. The van der Waals surface area contributed by atoms with Gasteiger partial charge in [0.1, 0.15) is 23.1 Å². The molecule has 11 nitrogen and oxygen atoms in total. The van der Waals surface area contributed by atoms with Crippen molar-refractivity contribution in [1.82, 2.24) is 20.3 Å². The number of fused-ring (bicyclic) bond motifs is 2. The Kier molecular flexibility index (Phi) is 9.99. The first-order valence-electron chi connectivity index (χ1n) is 14.8. The van der Waals surface area contributed by atoms with Gasteiger partial charge in [-0.25, -0.2) is 9.48 Å². The Morgan fingerprint density at radius 3 is 2.57 bits per heavy atom. The molecule has 5 rings (SSSR count). The lowest BCUT2D eigenvalue weighted by atomic mass is 9.96. The Bertz CT molecular complexity index is 1800. The van der Waals surface area contributed by atoms with Crippen LogP contribution in [0.25, 0.3) is 10.9 Å². The van der Waals surface area contributed by atoms with Crippen molar-refractivity contribution in [3.8, 4) is 11.5 Å². The molecule has 1 aliphatic heterocycles.